The Bertz CT molecular complexity index is 1120. The molecule has 0 radical (unpaired) electrons. The molecular weight excluding hydrogens is 456 g/mol. The van der Waals surface area contributed by atoms with Gasteiger partial charge in [-0.25, -0.2) is 0 Å². The highest BCUT2D eigenvalue weighted by Crippen LogP contribution is 2.40. The molecule has 1 aliphatic rings. The van der Waals surface area contributed by atoms with E-state index >= 15 is 0 Å². The van der Waals surface area contributed by atoms with Crippen LogP contribution < -0.4 is 9.47 Å². The molecule has 3 rings (SSSR count). The van der Waals surface area contributed by atoms with Crippen LogP contribution in [0, 0.1) is 6.92 Å². The van der Waals surface area contributed by atoms with Gasteiger partial charge in [0.05, 0.1) is 18.2 Å². The number of unbranched alkanes of at least 4 members (excludes halogenated alkanes) is 1. The Morgan fingerprint density at radius 2 is 1.81 bits per heavy atom. The molecule has 1 atom stereocenters. The van der Waals surface area contributed by atoms with Crippen molar-refractivity contribution in [2.75, 3.05) is 40.4 Å². The van der Waals surface area contributed by atoms with Gasteiger partial charge in [0.15, 0.2) is 0 Å². The van der Waals surface area contributed by atoms with Crippen molar-refractivity contribution < 1.29 is 24.2 Å². The van der Waals surface area contributed by atoms with Gasteiger partial charge >= 0.3 is 0 Å². The molecule has 0 saturated carbocycles. The molecule has 36 heavy (non-hydrogen) atoms. The molecule has 1 saturated heterocycles. The van der Waals surface area contributed by atoms with E-state index in [4.69, 9.17) is 9.47 Å². The summed E-state index contributed by atoms with van der Waals surface area (Å²) in [4.78, 5) is 29.8. The van der Waals surface area contributed by atoms with E-state index in [2.05, 4.69) is 13.5 Å². The van der Waals surface area contributed by atoms with Gasteiger partial charge in [0, 0.05) is 18.7 Å². The minimum atomic E-state index is -0.703. The molecule has 2 aromatic rings. The number of amides is 1. The summed E-state index contributed by atoms with van der Waals surface area (Å²) in [7, 11) is 3.82. The molecule has 1 fully saturated rings. The van der Waals surface area contributed by atoms with E-state index in [0.29, 0.717) is 37.6 Å². The predicted octanol–water partition coefficient (Wildman–Crippen LogP) is 4.72. The molecule has 0 aliphatic carbocycles. The zero-order chi connectivity index (χ0) is 26.2. The van der Waals surface area contributed by atoms with Crippen LogP contribution >= 0.6 is 0 Å². The molecule has 0 bridgehead atoms. The van der Waals surface area contributed by atoms with Gasteiger partial charge in [-0.2, -0.15) is 0 Å². The van der Waals surface area contributed by atoms with Crippen LogP contribution in [0.1, 0.15) is 42.5 Å². The number of ketones is 1. The Morgan fingerprint density at radius 3 is 2.42 bits per heavy atom. The molecule has 0 spiro atoms. The van der Waals surface area contributed by atoms with Gasteiger partial charge in [0.2, 0.25) is 0 Å². The molecule has 1 N–H and O–H groups in total. The maximum atomic E-state index is 13.2. The maximum absolute atomic E-state index is 13.2. The number of likely N-dealkylation sites (tertiary alicyclic amines) is 1. The quantitative estimate of drug-likeness (QED) is 0.152. The van der Waals surface area contributed by atoms with Crippen LogP contribution in [0.4, 0.5) is 0 Å². The van der Waals surface area contributed by atoms with Crippen molar-refractivity contribution in [1.29, 1.82) is 0 Å². The van der Waals surface area contributed by atoms with Crippen LogP contribution in [0.15, 0.2) is 60.7 Å². The Hall–Kier alpha value is -3.58. The fraction of sp³-hybridized carbons (Fsp3) is 0.379. The second-order valence-electron chi connectivity index (χ2n) is 9.14. The lowest BCUT2D eigenvalue weighted by atomic mass is 9.94. The number of likely N-dealkylation sites (N-methyl/N-ethyl adjacent to an activating group) is 1. The highest BCUT2D eigenvalue weighted by molar-refractivity contribution is 6.46. The molecular formula is C29H36N2O5. The number of benzene rings is 2. The molecule has 7 nitrogen and oxygen atoms in total. The lowest BCUT2D eigenvalue weighted by Crippen LogP contribution is -2.35. The van der Waals surface area contributed by atoms with Crippen LogP contribution in [0.25, 0.3) is 5.76 Å². The Balaban J connectivity index is 2.04. The van der Waals surface area contributed by atoms with Gasteiger partial charge in [0.1, 0.15) is 23.9 Å². The highest BCUT2D eigenvalue weighted by atomic mass is 16.5. The van der Waals surface area contributed by atoms with Crippen LogP contribution in [0.3, 0.4) is 0 Å². The van der Waals surface area contributed by atoms with E-state index in [1.165, 1.54) is 4.90 Å². The number of Topliss-reactive ketones (excluding diaryl/α,β-unsaturated/α-hetero) is 1. The van der Waals surface area contributed by atoms with Crippen molar-refractivity contribution in [3.8, 4) is 11.5 Å². The van der Waals surface area contributed by atoms with E-state index in [9.17, 15) is 14.7 Å². The third-order valence-electron chi connectivity index (χ3n) is 6.11. The number of hydrogen-bond donors (Lipinski definition) is 1. The number of carbonyl (C=O) groups is 2. The van der Waals surface area contributed by atoms with Crippen molar-refractivity contribution in [1.82, 2.24) is 9.80 Å². The van der Waals surface area contributed by atoms with Crippen molar-refractivity contribution in [3.63, 3.8) is 0 Å². The smallest absolute Gasteiger partial charge is 0.295 e. The number of carbonyl (C=O) groups excluding carboxylic acids is 2. The first-order valence-electron chi connectivity index (χ1n) is 12.3. The van der Waals surface area contributed by atoms with E-state index in [0.717, 1.165) is 29.7 Å². The summed E-state index contributed by atoms with van der Waals surface area (Å²) in [6.45, 7) is 9.50. The average molecular weight is 493 g/mol. The summed E-state index contributed by atoms with van der Waals surface area (Å²) < 4.78 is 11.4. The van der Waals surface area contributed by atoms with Crippen LogP contribution in [-0.4, -0.2) is 67.0 Å². The van der Waals surface area contributed by atoms with Crippen molar-refractivity contribution in [2.45, 2.75) is 32.7 Å². The molecule has 1 heterocycles. The average Bonchev–Trinajstić information content (AvgIpc) is 3.11. The van der Waals surface area contributed by atoms with Crippen LogP contribution in [0.5, 0.6) is 11.5 Å². The Labute approximate surface area is 213 Å². The fourth-order valence-corrected chi connectivity index (χ4v) is 4.14. The predicted molar refractivity (Wildman–Crippen MR) is 141 cm³/mol. The number of rotatable bonds is 12. The van der Waals surface area contributed by atoms with Crippen molar-refractivity contribution in [3.05, 3.63) is 77.4 Å². The zero-order valence-corrected chi connectivity index (χ0v) is 21.6. The van der Waals surface area contributed by atoms with Crippen molar-refractivity contribution in [2.24, 2.45) is 0 Å². The maximum Gasteiger partial charge on any atom is 0.295 e. The third-order valence-corrected chi connectivity index (χ3v) is 6.11. The van der Waals surface area contributed by atoms with E-state index in [-0.39, 0.29) is 11.3 Å². The van der Waals surface area contributed by atoms with E-state index in [1.807, 2.05) is 50.2 Å². The van der Waals surface area contributed by atoms with E-state index < -0.39 is 17.7 Å². The number of ether oxygens (including phenoxy) is 2. The van der Waals surface area contributed by atoms with Gasteiger partial charge in [-0.3, -0.25) is 9.59 Å². The molecule has 1 amide bonds. The minimum Gasteiger partial charge on any atom is -0.507 e. The zero-order valence-electron chi connectivity index (χ0n) is 21.6. The Morgan fingerprint density at radius 1 is 1.11 bits per heavy atom. The second kappa shape index (κ2) is 12.4. The topological polar surface area (TPSA) is 79.3 Å². The molecule has 2 aromatic carbocycles. The number of aliphatic hydroxyl groups is 1. The summed E-state index contributed by atoms with van der Waals surface area (Å²) in [6, 6.07) is 11.9. The highest BCUT2D eigenvalue weighted by Gasteiger charge is 2.46. The number of nitrogens with zero attached hydrogens (tertiary/aromatic N) is 2. The lowest BCUT2D eigenvalue weighted by Gasteiger charge is -2.27. The van der Waals surface area contributed by atoms with Gasteiger partial charge in [-0.15, -0.1) is 0 Å². The fourth-order valence-electron chi connectivity index (χ4n) is 4.14. The summed E-state index contributed by atoms with van der Waals surface area (Å²) in [6.07, 6.45) is 3.65. The number of aryl methyl sites for hydroxylation is 1. The first-order valence-corrected chi connectivity index (χ1v) is 12.3. The lowest BCUT2D eigenvalue weighted by molar-refractivity contribution is -0.140. The number of hydrogen-bond acceptors (Lipinski definition) is 6. The second-order valence-corrected chi connectivity index (χ2v) is 9.14. The molecule has 0 aromatic heterocycles. The minimum absolute atomic E-state index is 0.0845. The third kappa shape index (κ3) is 6.15. The number of aliphatic hydroxyl groups excluding tert-OH is 1. The SMILES string of the molecule is C=CCOc1ccc(C(O)=C2C(=O)C(=O)N(CCN(C)C)C2c2ccc(OCCCC)cc2)c(C)c1. The normalized spacial score (nSPS) is 17.0. The summed E-state index contributed by atoms with van der Waals surface area (Å²) in [5.74, 6) is -0.142. The first kappa shape index (κ1) is 27.0. The summed E-state index contributed by atoms with van der Waals surface area (Å²) in [5.41, 5.74) is 2.03. The summed E-state index contributed by atoms with van der Waals surface area (Å²) >= 11 is 0. The van der Waals surface area contributed by atoms with Gasteiger partial charge in [-0.05, 0) is 68.9 Å². The van der Waals surface area contributed by atoms with Gasteiger partial charge < -0.3 is 24.4 Å². The van der Waals surface area contributed by atoms with Gasteiger partial charge in [0.25, 0.3) is 11.7 Å². The molecule has 1 aliphatic heterocycles. The standard InChI is InChI=1S/C29H36N2O5/c1-6-8-18-36-22-11-9-21(10-12-22)26-25(28(33)29(34)31(26)16-15-30(4)5)27(32)24-14-13-23(19-20(24)3)35-17-7-2/h7,9-14,19,26,32H,2,6,8,15-18H2,1,3-5H3. The van der Waals surface area contributed by atoms with Gasteiger partial charge in [-0.1, -0.05) is 38.1 Å². The largest absolute Gasteiger partial charge is 0.507 e. The first-order chi connectivity index (χ1) is 17.3. The summed E-state index contributed by atoms with van der Waals surface area (Å²) in [5, 5.41) is 11.4. The van der Waals surface area contributed by atoms with Crippen LogP contribution in [-0.2, 0) is 9.59 Å². The molecule has 192 valence electrons. The van der Waals surface area contributed by atoms with Crippen LogP contribution in [0.2, 0.25) is 0 Å². The van der Waals surface area contributed by atoms with Crippen molar-refractivity contribution >= 4 is 17.4 Å². The molecule has 1 unspecified atom stereocenters. The van der Waals surface area contributed by atoms with E-state index in [1.54, 1.807) is 24.3 Å². The molecule has 7 heteroatoms. The Kier molecular flexibility index (Phi) is 9.31. The monoisotopic (exact) mass is 492 g/mol.